The van der Waals surface area contributed by atoms with Crippen molar-refractivity contribution in [2.45, 2.75) is 44.3 Å². The van der Waals surface area contributed by atoms with Gasteiger partial charge >= 0.3 is 12.1 Å². The molecule has 8 nitrogen and oxygen atoms in total. The predicted octanol–water partition coefficient (Wildman–Crippen LogP) is 4.22. The van der Waals surface area contributed by atoms with E-state index >= 15 is 0 Å². The van der Waals surface area contributed by atoms with Crippen molar-refractivity contribution in [1.29, 1.82) is 10.5 Å². The average molecular weight is 441 g/mol. The summed E-state index contributed by atoms with van der Waals surface area (Å²) in [6.45, 7) is 0. The van der Waals surface area contributed by atoms with Crippen LogP contribution in [0, 0.1) is 28.6 Å². The highest BCUT2D eigenvalue weighted by Gasteiger charge is 2.39. The Labute approximate surface area is 180 Å². The molecule has 1 amide bonds. The molecule has 1 saturated carbocycles. The molecule has 1 aliphatic rings. The number of hydrogen-bond donors (Lipinski definition) is 1. The summed E-state index contributed by atoms with van der Waals surface area (Å²) in [4.78, 5) is 11.3. The van der Waals surface area contributed by atoms with E-state index in [0.717, 1.165) is 25.7 Å². The van der Waals surface area contributed by atoms with Crippen LogP contribution < -0.4 is 5.32 Å². The van der Waals surface area contributed by atoms with Gasteiger partial charge in [0.2, 0.25) is 0 Å². The van der Waals surface area contributed by atoms with Gasteiger partial charge in [-0.25, -0.2) is 4.52 Å². The van der Waals surface area contributed by atoms with E-state index < -0.39 is 12.1 Å². The van der Waals surface area contributed by atoms with E-state index in [1.54, 1.807) is 22.4 Å². The first kappa shape index (κ1) is 21.4. The number of anilines is 1. The normalized spacial score (nSPS) is 15.4. The Morgan fingerprint density at radius 1 is 1.22 bits per heavy atom. The Kier molecular flexibility index (Phi) is 5.57. The zero-order valence-corrected chi connectivity index (χ0v) is 16.8. The summed E-state index contributed by atoms with van der Waals surface area (Å²) in [6, 6.07) is 5.50. The lowest BCUT2D eigenvalue weighted by atomic mass is 9.96. The molecule has 11 heteroatoms. The number of fused-ring (bicyclic) bond motifs is 1. The van der Waals surface area contributed by atoms with Gasteiger partial charge in [0.1, 0.15) is 6.07 Å². The van der Waals surface area contributed by atoms with E-state index in [1.165, 1.54) is 23.0 Å². The molecule has 1 N–H and O–H groups in total. The highest BCUT2D eigenvalue weighted by molar-refractivity contribution is 5.96. The van der Waals surface area contributed by atoms with Gasteiger partial charge in [-0.2, -0.15) is 33.9 Å². The van der Waals surface area contributed by atoms with Crippen molar-refractivity contribution in [1.82, 2.24) is 19.4 Å². The monoisotopic (exact) mass is 441 g/mol. The highest BCUT2D eigenvalue weighted by atomic mass is 19.4. The van der Waals surface area contributed by atoms with Crippen molar-refractivity contribution < 1.29 is 18.0 Å². The maximum absolute atomic E-state index is 12.6. The number of nitriles is 2. The Morgan fingerprint density at radius 3 is 2.62 bits per heavy atom. The fraction of sp³-hybridized carbons (Fsp3) is 0.381. The molecule has 0 spiro atoms. The third-order valence-corrected chi connectivity index (χ3v) is 5.75. The first-order valence-corrected chi connectivity index (χ1v) is 10.0. The molecule has 32 heavy (non-hydrogen) atoms. The van der Waals surface area contributed by atoms with Crippen LogP contribution in [0.4, 0.5) is 18.9 Å². The van der Waals surface area contributed by atoms with Crippen LogP contribution in [-0.4, -0.2) is 31.5 Å². The van der Waals surface area contributed by atoms with E-state index in [1.807, 2.05) is 6.07 Å². The van der Waals surface area contributed by atoms with Crippen LogP contribution in [0.15, 0.2) is 30.9 Å². The Balaban J connectivity index is 1.74. The number of nitrogens with zero attached hydrogens (tertiary/aromatic N) is 6. The van der Waals surface area contributed by atoms with Crippen molar-refractivity contribution in [2.24, 2.45) is 5.92 Å². The Hall–Kier alpha value is -3.86. The number of amides is 1. The van der Waals surface area contributed by atoms with E-state index in [0.29, 0.717) is 29.0 Å². The minimum Gasteiger partial charge on any atom is -0.317 e. The summed E-state index contributed by atoms with van der Waals surface area (Å²) in [5.74, 6) is -1.76. The average Bonchev–Trinajstić information content (AvgIpc) is 3.50. The number of rotatable bonds is 5. The molecule has 3 heterocycles. The van der Waals surface area contributed by atoms with Crippen molar-refractivity contribution >= 4 is 17.1 Å². The maximum Gasteiger partial charge on any atom is 0.471 e. The summed E-state index contributed by atoms with van der Waals surface area (Å²) in [5, 5.41) is 29.1. The minimum absolute atomic E-state index is 0.0898. The lowest BCUT2D eigenvalue weighted by molar-refractivity contribution is -0.167. The standard InChI is InChI=1S/C21H18F3N7O/c22-21(23,24)20(32)29-16-7-18-19(14(8-26)9-27-31(18)12-16)15-10-28-30(11-15)17(5-6-25)13-3-1-2-4-13/h7,9-13,17H,1-5H2,(H,29,32). The maximum atomic E-state index is 12.6. The van der Waals surface area contributed by atoms with Gasteiger partial charge in [-0.1, -0.05) is 12.8 Å². The predicted molar refractivity (Wildman–Crippen MR) is 107 cm³/mol. The van der Waals surface area contributed by atoms with E-state index in [9.17, 15) is 28.5 Å². The molecule has 1 unspecified atom stereocenters. The molecule has 0 aromatic carbocycles. The number of alkyl halides is 3. The molecule has 0 bridgehead atoms. The van der Waals surface area contributed by atoms with Crippen LogP contribution in [0.25, 0.3) is 16.6 Å². The van der Waals surface area contributed by atoms with Crippen LogP contribution in [-0.2, 0) is 4.79 Å². The van der Waals surface area contributed by atoms with Gasteiger partial charge in [0.25, 0.3) is 0 Å². The minimum atomic E-state index is -5.03. The molecule has 3 aromatic rings. The summed E-state index contributed by atoms with van der Waals surface area (Å²) < 4.78 is 40.9. The molecule has 0 radical (unpaired) electrons. The third kappa shape index (κ3) is 4.02. The van der Waals surface area contributed by atoms with Gasteiger partial charge in [0.05, 0.1) is 53.9 Å². The summed E-state index contributed by atoms with van der Waals surface area (Å²) in [7, 11) is 0. The van der Waals surface area contributed by atoms with Gasteiger partial charge in [0.15, 0.2) is 0 Å². The largest absolute Gasteiger partial charge is 0.471 e. The molecule has 3 aromatic heterocycles. The fourth-order valence-corrected chi connectivity index (χ4v) is 4.28. The lowest BCUT2D eigenvalue weighted by Gasteiger charge is -2.21. The molecule has 0 saturated heterocycles. The van der Waals surface area contributed by atoms with E-state index in [2.05, 4.69) is 16.3 Å². The van der Waals surface area contributed by atoms with Crippen molar-refractivity contribution in [3.63, 3.8) is 0 Å². The second kappa shape index (κ2) is 8.35. The number of halogens is 3. The van der Waals surface area contributed by atoms with Crippen LogP contribution >= 0.6 is 0 Å². The summed E-state index contributed by atoms with van der Waals surface area (Å²) in [5.41, 5.74) is 1.46. The number of nitrogens with one attached hydrogen (secondary N) is 1. The molecule has 0 aliphatic heterocycles. The number of hydrogen-bond acceptors (Lipinski definition) is 5. The molecular formula is C21H18F3N7O. The topological polar surface area (TPSA) is 112 Å². The number of carbonyl (C=O) groups excluding carboxylic acids is 1. The highest BCUT2D eigenvalue weighted by Crippen LogP contribution is 2.37. The van der Waals surface area contributed by atoms with Gasteiger partial charge in [-0.15, -0.1) is 0 Å². The summed E-state index contributed by atoms with van der Waals surface area (Å²) >= 11 is 0. The van der Waals surface area contributed by atoms with Crippen LogP contribution in [0.5, 0.6) is 0 Å². The van der Waals surface area contributed by atoms with Crippen LogP contribution in [0.3, 0.4) is 0 Å². The number of aromatic nitrogens is 4. The third-order valence-electron chi connectivity index (χ3n) is 5.75. The first-order valence-electron chi connectivity index (χ1n) is 10.0. The zero-order chi connectivity index (χ0) is 22.9. The van der Waals surface area contributed by atoms with Crippen molar-refractivity contribution in [3.05, 3.63) is 36.4 Å². The molecule has 1 aliphatic carbocycles. The summed E-state index contributed by atoms with van der Waals surface area (Å²) in [6.07, 6.45) is 5.40. The van der Waals surface area contributed by atoms with Crippen LogP contribution in [0.1, 0.15) is 43.7 Å². The van der Waals surface area contributed by atoms with Crippen molar-refractivity contribution in [3.8, 4) is 23.3 Å². The smallest absolute Gasteiger partial charge is 0.317 e. The van der Waals surface area contributed by atoms with Crippen molar-refractivity contribution in [2.75, 3.05) is 5.32 Å². The second-order valence-corrected chi connectivity index (χ2v) is 7.74. The van der Waals surface area contributed by atoms with Gasteiger partial charge in [-0.3, -0.25) is 9.48 Å². The van der Waals surface area contributed by atoms with Crippen LogP contribution in [0.2, 0.25) is 0 Å². The van der Waals surface area contributed by atoms with Gasteiger partial charge < -0.3 is 5.32 Å². The van der Waals surface area contributed by atoms with E-state index in [-0.39, 0.29) is 17.3 Å². The quantitative estimate of drug-likeness (QED) is 0.637. The lowest BCUT2D eigenvalue weighted by Crippen LogP contribution is -2.29. The molecule has 1 atom stereocenters. The zero-order valence-electron chi connectivity index (χ0n) is 16.8. The molecular weight excluding hydrogens is 423 g/mol. The van der Waals surface area contributed by atoms with E-state index in [4.69, 9.17) is 0 Å². The first-order chi connectivity index (χ1) is 15.3. The van der Waals surface area contributed by atoms with Gasteiger partial charge in [-0.05, 0) is 24.8 Å². The Bertz CT molecular complexity index is 1240. The molecule has 1 fully saturated rings. The molecule has 4 rings (SSSR count). The Morgan fingerprint density at radius 2 is 1.97 bits per heavy atom. The SMILES string of the molecule is N#CCC(C1CCCC1)n1cc(-c2c(C#N)cnn3cc(NC(=O)C(F)(F)F)cc23)cn1. The second-order valence-electron chi connectivity index (χ2n) is 7.74. The fourth-order valence-electron chi connectivity index (χ4n) is 4.28. The van der Waals surface area contributed by atoms with Gasteiger partial charge in [0, 0.05) is 17.3 Å². The number of carbonyl (C=O) groups is 1. The molecule has 164 valence electrons.